The van der Waals surface area contributed by atoms with Crippen LogP contribution in [0.15, 0.2) is 12.4 Å². The van der Waals surface area contributed by atoms with Gasteiger partial charge >= 0.3 is 6.01 Å². The quantitative estimate of drug-likeness (QED) is 0.857. The number of aryl methyl sites for hydroxylation is 1. The molecular formula is C9H9Cl2N5O. The fourth-order valence-electron chi connectivity index (χ4n) is 1.21. The maximum atomic E-state index is 5.62. The third-order valence-electron chi connectivity index (χ3n) is 1.83. The third kappa shape index (κ3) is 3.28. The molecule has 0 amide bonds. The highest BCUT2D eigenvalue weighted by atomic mass is 35.5. The first kappa shape index (κ1) is 12.1. The van der Waals surface area contributed by atoms with E-state index in [9.17, 15) is 0 Å². The summed E-state index contributed by atoms with van der Waals surface area (Å²) in [6.45, 7) is 2.88. The third-order valence-corrected chi connectivity index (χ3v) is 2.17. The Kier molecular flexibility index (Phi) is 3.75. The van der Waals surface area contributed by atoms with Crippen molar-refractivity contribution in [3.8, 4) is 11.8 Å². The molecule has 0 bridgehead atoms. The molecule has 0 aliphatic heterocycles. The maximum Gasteiger partial charge on any atom is 0.327 e. The molecule has 8 heteroatoms. The molecule has 2 rings (SSSR count). The fourth-order valence-corrected chi connectivity index (χ4v) is 1.56. The molecular weight excluding hydrogens is 265 g/mol. The Morgan fingerprint density at radius 1 is 1.24 bits per heavy atom. The molecule has 0 aliphatic rings. The van der Waals surface area contributed by atoms with Gasteiger partial charge in [0.05, 0.1) is 12.4 Å². The van der Waals surface area contributed by atoms with Gasteiger partial charge in [-0.2, -0.15) is 20.1 Å². The highest BCUT2D eigenvalue weighted by Crippen LogP contribution is 2.19. The van der Waals surface area contributed by atoms with Gasteiger partial charge in [-0.25, -0.2) is 0 Å². The van der Waals surface area contributed by atoms with Crippen LogP contribution in [-0.2, 0) is 6.54 Å². The number of nitrogens with zero attached hydrogens (tertiary/aromatic N) is 5. The normalized spacial score (nSPS) is 10.5. The molecule has 0 radical (unpaired) electrons. The number of rotatable bonds is 4. The Balaban J connectivity index is 2.13. The van der Waals surface area contributed by atoms with E-state index in [-0.39, 0.29) is 16.6 Å². The zero-order valence-corrected chi connectivity index (χ0v) is 10.5. The molecule has 0 atom stereocenters. The number of ether oxygens (including phenoxy) is 1. The predicted molar refractivity (Wildman–Crippen MR) is 62.4 cm³/mol. The fraction of sp³-hybridized carbons (Fsp3) is 0.333. The second-order valence-corrected chi connectivity index (χ2v) is 3.87. The summed E-state index contributed by atoms with van der Waals surface area (Å²) in [4.78, 5) is 11.2. The summed E-state index contributed by atoms with van der Waals surface area (Å²) in [6, 6.07) is 0.0473. The van der Waals surface area contributed by atoms with E-state index in [4.69, 9.17) is 27.9 Å². The molecule has 2 heterocycles. The minimum absolute atomic E-state index is 0.0130. The van der Waals surface area contributed by atoms with E-state index >= 15 is 0 Å². The van der Waals surface area contributed by atoms with Crippen molar-refractivity contribution in [2.75, 3.05) is 0 Å². The first-order valence-corrected chi connectivity index (χ1v) is 5.70. The van der Waals surface area contributed by atoms with E-state index in [0.717, 1.165) is 13.0 Å². The van der Waals surface area contributed by atoms with Gasteiger partial charge in [-0.3, -0.25) is 4.68 Å². The smallest absolute Gasteiger partial charge is 0.327 e. The number of aromatic nitrogens is 5. The highest BCUT2D eigenvalue weighted by molar-refractivity contribution is 6.31. The van der Waals surface area contributed by atoms with E-state index < -0.39 is 0 Å². The summed E-state index contributed by atoms with van der Waals surface area (Å²) in [5.74, 6) is 0.525. The molecule has 90 valence electrons. The van der Waals surface area contributed by atoms with Gasteiger partial charge < -0.3 is 4.74 Å². The molecule has 2 aromatic heterocycles. The van der Waals surface area contributed by atoms with Gasteiger partial charge in [0.2, 0.25) is 10.6 Å². The lowest BCUT2D eigenvalue weighted by molar-refractivity contribution is 0.438. The van der Waals surface area contributed by atoms with Crippen molar-refractivity contribution in [3.05, 3.63) is 23.0 Å². The van der Waals surface area contributed by atoms with E-state index in [0.29, 0.717) is 5.75 Å². The van der Waals surface area contributed by atoms with Crippen molar-refractivity contribution < 1.29 is 4.74 Å². The average Bonchev–Trinajstić information content (AvgIpc) is 2.64. The van der Waals surface area contributed by atoms with Crippen LogP contribution in [0.4, 0.5) is 0 Å². The van der Waals surface area contributed by atoms with Gasteiger partial charge in [-0.05, 0) is 29.6 Å². The molecule has 0 fully saturated rings. The molecule has 0 unspecified atom stereocenters. The Bertz CT molecular complexity index is 496. The predicted octanol–water partition coefficient (Wildman–Crippen LogP) is 2.58. The lowest BCUT2D eigenvalue weighted by Crippen LogP contribution is -1.96. The zero-order valence-electron chi connectivity index (χ0n) is 8.97. The molecule has 0 saturated heterocycles. The summed E-state index contributed by atoms with van der Waals surface area (Å²) in [6.07, 6.45) is 4.31. The van der Waals surface area contributed by atoms with Gasteiger partial charge in [0.1, 0.15) is 0 Å². The summed E-state index contributed by atoms with van der Waals surface area (Å²) in [7, 11) is 0. The van der Waals surface area contributed by atoms with Crippen LogP contribution in [-0.4, -0.2) is 24.7 Å². The summed E-state index contributed by atoms with van der Waals surface area (Å²) in [5.41, 5.74) is 0. The molecule has 0 aliphatic carbocycles. The summed E-state index contributed by atoms with van der Waals surface area (Å²) < 4.78 is 7.12. The second-order valence-electron chi connectivity index (χ2n) is 3.20. The summed E-state index contributed by atoms with van der Waals surface area (Å²) >= 11 is 11.2. The number of hydrogen-bond donors (Lipinski definition) is 0. The molecule has 0 saturated carbocycles. The second kappa shape index (κ2) is 5.29. The first-order chi connectivity index (χ1) is 8.17. The van der Waals surface area contributed by atoms with E-state index in [1.54, 1.807) is 17.1 Å². The monoisotopic (exact) mass is 273 g/mol. The van der Waals surface area contributed by atoms with Crippen molar-refractivity contribution in [2.24, 2.45) is 0 Å². The Labute approximate surface area is 108 Å². The maximum absolute atomic E-state index is 5.62. The van der Waals surface area contributed by atoms with Crippen LogP contribution in [0, 0.1) is 0 Å². The summed E-state index contributed by atoms with van der Waals surface area (Å²) in [5, 5.41) is 4.08. The SMILES string of the molecule is CCCn1cc(Oc2nc(Cl)nc(Cl)n2)cn1. The molecule has 2 aromatic rings. The van der Waals surface area contributed by atoms with Crippen molar-refractivity contribution in [1.29, 1.82) is 0 Å². The minimum atomic E-state index is -0.0130. The number of hydrogen-bond acceptors (Lipinski definition) is 5. The van der Waals surface area contributed by atoms with Crippen LogP contribution in [0.2, 0.25) is 10.6 Å². The molecule has 0 N–H and O–H groups in total. The first-order valence-electron chi connectivity index (χ1n) is 4.94. The van der Waals surface area contributed by atoms with Crippen molar-refractivity contribution in [1.82, 2.24) is 24.7 Å². The van der Waals surface area contributed by atoms with Gasteiger partial charge in [-0.15, -0.1) is 0 Å². The van der Waals surface area contributed by atoms with Gasteiger partial charge in [-0.1, -0.05) is 6.92 Å². The van der Waals surface area contributed by atoms with Gasteiger partial charge in [0, 0.05) is 6.54 Å². The molecule has 6 nitrogen and oxygen atoms in total. The lowest BCUT2D eigenvalue weighted by atomic mass is 10.5. The van der Waals surface area contributed by atoms with Crippen molar-refractivity contribution >= 4 is 23.2 Å². The van der Waals surface area contributed by atoms with E-state index in [1.165, 1.54) is 0 Å². The van der Waals surface area contributed by atoms with Crippen LogP contribution in [0.1, 0.15) is 13.3 Å². The van der Waals surface area contributed by atoms with Gasteiger partial charge in [0.25, 0.3) is 0 Å². The largest absolute Gasteiger partial charge is 0.421 e. The Hall–Kier alpha value is -1.40. The standard InChI is InChI=1S/C9H9Cl2N5O/c1-2-3-16-5-6(4-12-16)17-9-14-7(10)13-8(11)15-9/h4-5H,2-3H2,1H3. The van der Waals surface area contributed by atoms with E-state index in [2.05, 4.69) is 27.0 Å². The van der Waals surface area contributed by atoms with Crippen molar-refractivity contribution in [3.63, 3.8) is 0 Å². The topological polar surface area (TPSA) is 65.7 Å². The zero-order chi connectivity index (χ0) is 12.3. The molecule has 17 heavy (non-hydrogen) atoms. The molecule has 0 spiro atoms. The Morgan fingerprint density at radius 3 is 2.59 bits per heavy atom. The van der Waals surface area contributed by atoms with Crippen LogP contribution in [0.5, 0.6) is 11.8 Å². The highest BCUT2D eigenvalue weighted by Gasteiger charge is 2.07. The van der Waals surface area contributed by atoms with Crippen LogP contribution >= 0.6 is 23.2 Å². The minimum Gasteiger partial charge on any atom is -0.421 e. The van der Waals surface area contributed by atoms with Crippen LogP contribution in [0.25, 0.3) is 0 Å². The van der Waals surface area contributed by atoms with Gasteiger partial charge in [0.15, 0.2) is 5.75 Å². The van der Waals surface area contributed by atoms with Crippen LogP contribution < -0.4 is 4.74 Å². The molecule has 0 aromatic carbocycles. The van der Waals surface area contributed by atoms with Crippen LogP contribution in [0.3, 0.4) is 0 Å². The number of halogens is 2. The lowest BCUT2D eigenvalue weighted by Gasteiger charge is -2.00. The average molecular weight is 274 g/mol. The van der Waals surface area contributed by atoms with E-state index in [1.807, 2.05) is 0 Å². The van der Waals surface area contributed by atoms with Crippen molar-refractivity contribution in [2.45, 2.75) is 19.9 Å². The Morgan fingerprint density at radius 2 is 1.94 bits per heavy atom.